The summed E-state index contributed by atoms with van der Waals surface area (Å²) < 4.78 is 53.3. The first kappa shape index (κ1) is 17.8. The minimum Gasteiger partial charge on any atom is -0.418 e. The first-order valence-corrected chi connectivity index (χ1v) is 7.76. The second-order valence-electron chi connectivity index (χ2n) is 3.26. The van der Waals surface area contributed by atoms with Crippen LogP contribution in [-0.2, 0) is 0 Å². The number of hydrogen-bond acceptors (Lipinski definition) is 0. The monoisotopic (exact) mass is 349 g/mol. The fraction of sp³-hybridized carbons (Fsp3) is 0.400. The van der Waals surface area contributed by atoms with Crippen molar-refractivity contribution in [2.75, 3.05) is 12.3 Å². The molecule has 0 spiro atoms. The van der Waals surface area contributed by atoms with Gasteiger partial charge in [-0.25, -0.2) is 4.39 Å². The summed E-state index contributed by atoms with van der Waals surface area (Å²) in [5.74, 6) is -0.0656. The summed E-state index contributed by atoms with van der Waals surface area (Å²) in [5, 5.41) is 0.906. The van der Waals surface area contributed by atoms with Gasteiger partial charge >= 0.3 is 7.25 Å². The summed E-state index contributed by atoms with van der Waals surface area (Å²) in [4.78, 5) is 0. The van der Waals surface area contributed by atoms with Crippen LogP contribution in [0.5, 0.6) is 0 Å². The van der Waals surface area contributed by atoms with E-state index in [-0.39, 0.29) is 13.7 Å². The average molecular weight is 350 g/mol. The van der Waals surface area contributed by atoms with E-state index in [0.29, 0.717) is 0 Å². The molecule has 1 aromatic carbocycles. The molecular formula is C10H13BBrF5P-. The smallest absolute Gasteiger partial charge is 0.418 e. The number of benzene rings is 1. The molecule has 0 heterocycles. The van der Waals surface area contributed by atoms with Crippen LogP contribution < -0.4 is 5.30 Å². The van der Waals surface area contributed by atoms with Gasteiger partial charge in [0.05, 0.1) is 0 Å². The predicted octanol–water partition coefficient (Wildman–Crippen LogP) is 5.04. The molecule has 0 saturated heterocycles. The van der Waals surface area contributed by atoms with Crippen molar-refractivity contribution in [3.8, 4) is 0 Å². The Morgan fingerprint density at radius 3 is 1.89 bits per heavy atom. The van der Waals surface area contributed by atoms with Gasteiger partial charge in [0.2, 0.25) is 0 Å². The van der Waals surface area contributed by atoms with Crippen LogP contribution in [0.3, 0.4) is 0 Å². The molecule has 104 valence electrons. The quantitative estimate of drug-likeness (QED) is 0.407. The summed E-state index contributed by atoms with van der Waals surface area (Å²) >= 11 is 3.26. The van der Waals surface area contributed by atoms with E-state index in [1.54, 1.807) is 6.07 Å². The molecule has 8 heteroatoms. The molecule has 0 aliphatic carbocycles. The normalized spacial score (nSPS) is 11.2. The molecule has 0 fully saturated rings. The lowest BCUT2D eigenvalue weighted by Crippen LogP contribution is -2.08. The third-order valence-electron chi connectivity index (χ3n) is 2.01. The molecule has 0 atom stereocenters. The van der Waals surface area contributed by atoms with Gasteiger partial charge in [-0.15, -0.1) is 0 Å². The Morgan fingerprint density at radius 2 is 1.56 bits per heavy atom. The van der Waals surface area contributed by atoms with Gasteiger partial charge in [0.15, 0.2) is 0 Å². The summed E-state index contributed by atoms with van der Waals surface area (Å²) in [6.45, 7) is 4.24. The molecule has 0 saturated carbocycles. The lowest BCUT2D eigenvalue weighted by atomic mass is 10.3. The second-order valence-corrected chi connectivity index (χ2v) is 7.00. The zero-order chi connectivity index (χ0) is 14.3. The lowest BCUT2D eigenvalue weighted by Gasteiger charge is -2.14. The Kier molecular flexibility index (Phi) is 8.03. The minimum absolute atomic E-state index is 0.0656. The highest BCUT2D eigenvalue weighted by Gasteiger charge is 2.20. The highest BCUT2D eigenvalue weighted by molar-refractivity contribution is 9.10. The summed E-state index contributed by atoms with van der Waals surface area (Å²) in [7, 11) is -6.28. The second kappa shape index (κ2) is 8.10. The summed E-state index contributed by atoms with van der Waals surface area (Å²) in [5.41, 5.74) is 0. The maximum absolute atomic E-state index is 13.5. The van der Waals surface area contributed by atoms with Gasteiger partial charge in [-0.1, -0.05) is 43.8 Å². The minimum atomic E-state index is -6.00. The Balaban J connectivity index is 0.000000494. The van der Waals surface area contributed by atoms with Crippen molar-refractivity contribution >= 4 is 36.4 Å². The molecule has 0 bridgehead atoms. The van der Waals surface area contributed by atoms with Crippen molar-refractivity contribution in [2.45, 2.75) is 13.8 Å². The topological polar surface area (TPSA) is 0 Å². The Morgan fingerprint density at radius 1 is 1.11 bits per heavy atom. The van der Waals surface area contributed by atoms with E-state index >= 15 is 0 Å². The summed E-state index contributed by atoms with van der Waals surface area (Å²) in [6, 6.07) is 5.37. The zero-order valence-corrected chi connectivity index (χ0v) is 12.4. The van der Waals surface area contributed by atoms with Gasteiger partial charge < -0.3 is 17.3 Å². The number of hydrogen-bond donors (Lipinski definition) is 0. The molecule has 0 amide bonds. The van der Waals surface area contributed by atoms with Crippen molar-refractivity contribution in [3.63, 3.8) is 0 Å². The van der Waals surface area contributed by atoms with Crippen LogP contribution >= 0.6 is 23.9 Å². The third-order valence-corrected chi connectivity index (χ3v) is 5.08. The van der Waals surface area contributed by atoms with Crippen LogP contribution in [0.15, 0.2) is 22.7 Å². The van der Waals surface area contributed by atoms with E-state index in [0.717, 1.165) is 22.1 Å². The Labute approximate surface area is 113 Å². The van der Waals surface area contributed by atoms with Gasteiger partial charge in [-0.2, -0.15) is 0 Å². The van der Waals surface area contributed by atoms with Crippen LogP contribution in [0.1, 0.15) is 13.8 Å². The van der Waals surface area contributed by atoms with Crippen molar-refractivity contribution in [2.24, 2.45) is 0 Å². The molecule has 1 rings (SSSR count). The average Bonchev–Trinajstić information content (AvgIpc) is 2.20. The van der Waals surface area contributed by atoms with Crippen molar-refractivity contribution in [1.29, 1.82) is 0 Å². The van der Waals surface area contributed by atoms with Crippen molar-refractivity contribution in [1.82, 2.24) is 0 Å². The lowest BCUT2D eigenvalue weighted by molar-refractivity contribution is 0.368. The molecule has 0 unspecified atom stereocenters. The van der Waals surface area contributed by atoms with Gasteiger partial charge in [-0.3, -0.25) is 0 Å². The van der Waals surface area contributed by atoms with Crippen LogP contribution in [0, 0.1) is 5.82 Å². The maximum atomic E-state index is 13.5. The van der Waals surface area contributed by atoms with E-state index in [2.05, 4.69) is 29.8 Å². The molecule has 18 heavy (non-hydrogen) atoms. The largest absolute Gasteiger partial charge is 0.673 e. The fourth-order valence-corrected chi connectivity index (χ4v) is 3.42. The SMILES string of the molecule is CCP(CC)c1ccc(Br)cc1F.F[B-](F)(F)F. The standard InChI is InChI=1S/C10H13BrFP.BF4/c1-3-13(4-2)10-6-5-8(11)7-9(10)12;2-1(3,4)5/h5-7H,3-4H2,1-2H3;/q;-1. The first-order chi connectivity index (χ1) is 8.19. The predicted molar refractivity (Wildman–Crippen MR) is 71.9 cm³/mol. The van der Waals surface area contributed by atoms with Gasteiger partial charge in [0.25, 0.3) is 0 Å². The molecule has 0 nitrogen and oxygen atoms in total. The van der Waals surface area contributed by atoms with Gasteiger partial charge in [0, 0.05) is 9.78 Å². The number of halogens is 6. The Bertz CT molecular complexity index is 362. The molecule has 0 N–H and O–H groups in total. The van der Waals surface area contributed by atoms with Gasteiger partial charge in [0.1, 0.15) is 5.82 Å². The first-order valence-electron chi connectivity index (χ1n) is 5.26. The van der Waals surface area contributed by atoms with Crippen LogP contribution in [0.4, 0.5) is 21.7 Å². The van der Waals surface area contributed by atoms with Crippen LogP contribution in [-0.4, -0.2) is 19.6 Å². The maximum Gasteiger partial charge on any atom is 0.673 e. The van der Waals surface area contributed by atoms with E-state index in [1.165, 1.54) is 0 Å². The van der Waals surface area contributed by atoms with E-state index < -0.39 is 7.25 Å². The van der Waals surface area contributed by atoms with Crippen LogP contribution in [0.2, 0.25) is 0 Å². The van der Waals surface area contributed by atoms with Crippen molar-refractivity contribution < 1.29 is 21.7 Å². The third kappa shape index (κ3) is 8.04. The highest BCUT2D eigenvalue weighted by Crippen LogP contribution is 2.34. The fourth-order valence-electron chi connectivity index (χ4n) is 1.30. The van der Waals surface area contributed by atoms with Crippen molar-refractivity contribution in [3.05, 3.63) is 28.5 Å². The van der Waals surface area contributed by atoms with E-state index in [4.69, 9.17) is 0 Å². The summed E-state index contributed by atoms with van der Waals surface area (Å²) in [6.07, 6.45) is 2.12. The molecule has 0 aromatic heterocycles. The van der Waals surface area contributed by atoms with E-state index in [1.807, 2.05) is 12.1 Å². The zero-order valence-electron chi connectivity index (χ0n) is 9.94. The highest BCUT2D eigenvalue weighted by atomic mass is 79.9. The molecular weight excluding hydrogens is 337 g/mol. The number of rotatable bonds is 3. The van der Waals surface area contributed by atoms with Crippen LogP contribution in [0.25, 0.3) is 0 Å². The Hall–Kier alpha value is -0.155. The van der Waals surface area contributed by atoms with E-state index in [9.17, 15) is 21.7 Å². The molecule has 0 aliphatic rings. The molecule has 0 aliphatic heterocycles. The molecule has 0 radical (unpaired) electrons. The van der Waals surface area contributed by atoms with Gasteiger partial charge in [-0.05, 0) is 24.5 Å². The molecule has 1 aromatic rings.